The van der Waals surface area contributed by atoms with Gasteiger partial charge in [-0.15, -0.1) is 0 Å². The summed E-state index contributed by atoms with van der Waals surface area (Å²) in [6, 6.07) is 5.25. The maximum absolute atomic E-state index is 11.6. The van der Waals surface area contributed by atoms with Crippen molar-refractivity contribution in [3.8, 4) is 0 Å². The molecule has 0 saturated carbocycles. The average Bonchev–Trinajstić information content (AvgIpc) is 2.36. The zero-order valence-electron chi connectivity index (χ0n) is 10.4. The second-order valence-electron chi connectivity index (χ2n) is 3.60. The highest BCUT2D eigenvalue weighted by atomic mass is 16.5. The number of carbonyl (C=O) groups excluding carboxylic acids is 3. The predicted molar refractivity (Wildman–Crippen MR) is 68.6 cm³/mol. The van der Waals surface area contributed by atoms with Gasteiger partial charge >= 0.3 is 12.0 Å². The Kier molecular flexibility index (Phi) is 5.34. The highest BCUT2D eigenvalue weighted by Crippen LogP contribution is 2.10. The molecule has 0 spiro atoms. The summed E-state index contributed by atoms with van der Waals surface area (Å²) >= 11 is 0. The number of anilines is 1. The van der Waals surface area contributed by atoms with Gasteiger partial charge in [-0.05, 0) is 31.2 Å². The monoisotopic (exact) mass is 265 g/mol. The van der Waals surface area contributed by atoms with E-state index in [0.717, 1.165) is 0 Å². The first kappa shape index (κ1) is 14.5. The Morgan fingerprint density at radius 2 is 1.84 bits per heavy atom. The third-order valence-corrected chi connectivity index (χ3v) is 2.10. The molecule has 1 rings (SSSR count). The van der Waals surface area contributed by atoms with Crippen LogP contribution in [0.4, 0.5) is 10.5 Å². The van der Waals surface area contributed by atoms with Gasteiger partial charge in [0.15, 0.2) is 6.61 Å². The van der Waals surface area contributed by atoms with Gasteiger partial charge in [-0.2, -0.15) is 0 Å². The summed E-state index contributed by atoms with van der Waals surface area (Å²) in [7, 11) is 0. The first-order valence-electron chi connectivity index (χ1n) is 5.63. The second kappa shape index (κ2) is 7.00. The highest BCUT2D eigenvalue weighted by molar-refractivity contribution is 5.93. The molecule has 0 aliphatic heterocycles. The van der Waals surface area contributed by atoms with Crippen molar-refractivity contribution in [2.45, 2.75) is 6.92 Å². The van der Waals surface area contributed by atoms with Gasteiger partial charge in [-0.3, -0.25) is 4.79 Å². The first-order chi connectivity index (χ1) is 9.02. The highest BCUT2D eigenvalue weighted by Gasteiger charge is 2.09. The minimum Gasteiger partial charge on any atom is -0.452 e. The molecule has 1 aromatic carbocycles. The molecule has 7 heteroatoms. The zero-order valence-corrected chi connectivity index (χ0v) is 10.4. The van der Waals surface area contributed by atoms with Crippen LogP contribution in [0.3, 0.4) is 0 Å². The lowest BCUT2D eigenvalue weighted by Gasteiger charge is -2.06. The molecule has 4 N–H and O–H groups in total. The lowest BCUT2D eigenvalue weighted by atomic mass is 10.2. The predicted octanol–water partition coefficient (Wildman–Crippen LogP) is 0.470. The number of likely N-dealkylation sites (N-methyl/N-ethyl adjacent to an activating group) is 1. The number of benzene rings is 1. The molecular weight excluding hydrogens is 250 g/mol. The summed E-state index contributed by atoms with van der Waals surface area (Å²) in [5.74, 6) is -0.972. The summed E-state index contributed by atoms with van der Waals surface area (Å²) in [6.45, 7) is 1.92. The van der Waals surface area contributed by atoms with Crippen molar-refractivity contribution in [1.82, 2.24) is 5.32 Å². The number of hydrogen-bond acceptors (Lipinski definition) is 4. The largest absolute Gasteiger partial charge is 0.452 e. The number of carbonyl (C=O) groups is 3. The lowest BCUT2D eigenvalue weighted by molar-refractivity contribution is -0.124. The number of amides is 3. The number of hydrogen-bond donors (Lipinski definition) is 3. The van der Waals surface area contributed by atoms with E-state index in [1.807, 2.05) is 0 Å². The normalized spacial score (nSPS) is 9.53. The average molecular weight is 265 g/mol. The van der Waals surface area contributed by atoms with Gasteiger partial charge in [0, 0.05) is 12.2 Å². The lowest BCUT2D eigenvalue weighted by Crippen LogP contribution is -2.28. The molecule has 1 aromatic rings. The van der Waals surface area contributed by atoms with Crippen molar-refractivity contribution in [1.29, 1.82) is 0 Å². The second-order valence-corrected chi connectivity index (χ2v) is 3.60. The molecule has 0 radical (unpaired) electrons. The molecule has 7 nitrogen and oxygen atoms in total. The standard InChI is InChI=1S/C12H15N3O4/c1-2-14-10(16)7-19-11(17)8-3-5-9(6-4-8)15-12(13)18/h3-6H,2,7H2,1H3,(H,14,16)(H3,13,15,18). The minimum absolute atomic E-state index is 0.277. The maximum atomic E-state index is 11.6. The van der Waals surface area contributed by atoms with Gasteiger partial charge in [0.1, 0.15) is 0 Å². The summed E-state index contributed by atoms with van der Waals surface area (Å²) in [5, 5.41) is 4.87. The van der Waals surface area contributed by atoms with E-state index in [0.29, 0.717) is 12.2 Å². The molecule has 0 aliphatic rings. The molecule has 0 saturated heterocycles. The van der Waals surface area contributed by atoms with Gasteiger partial charge in [0.05, 0.1) is 5.56 Å². The quantitative estimate of drug-likeness (QED) is 0.672. The Hall–Kier alpha value is -2.57. The Morgan fingerprint density at radius 1 is 1.21 bits per heavy atom. The molecule has 19 heavy (non-hydrogen) atoms. The molecule has 0 unspecified atom stereocenters. The van der Waals surface area contributed by atoms with Gasteiger partial charge in [-0.1, -0.05) is 0 Å². The third kappa shape index (κ3) is 5.07. The van der Waals surface area contributed by atoms with E-state index in [-0.39, 0.29) is 18.1 Å². The Balaban J connectivity index is 2.53. The molecule has 0 aromatic heterocycles. The van der Waals surface area contributed by atoms with Crippen LogP contribution in [-0.4, -0.2) is 31.1 Å². The summed E-state index contributed by atoms with van der Waals surface area (Å²) in [6.07, 6.45) is 0. The number of rotatable bonds is 5. The van der Waals surface area contributed by atoms with Crippen molar-refractivity contribution in [3.63, 3.8) is 0 Å². The number of ether oxygens (including phenoxy) is 1. The van der Waals surface area contributed by atoms with E-state index in [9.17, 15) is 14.4 Å². The van der Waals surface area contributed by atoms with Gasteiger partial charge in [0.2, 0.25) is 0 Å². The van der Waals surface area contributed by atoms with E-state index in [1.165, 1.54) is 24.3 Å². The van der Waals surface area contributed by atoms with Gasteiger partial charge in [0.25, 0.3) is 5.91 Å². The maximum Gasteiger partial charge on any atom is 0.338 e. The molecule has 0 atom stereocenters. The summed E-state index contributed by atoms with van der Waals surface area (Å²) in [4.78, 5) is 33.3. The minimum atomic E-state index is -0.688. The number of nitrogens with two attached hydrogens (primary N) is 1. The van der Waals surface area contributed by atoms with Crippen molar-refractivity contribution >= 4 is 23.6 Å². The number of urea groups is 1. The van der Waals surface area contributed by atoms with E-state index in [2.05, 4.69) is 10.6 Å². The summed E-state index contributed by atoms with van der Waals surface area (Å²) < 4.78 is 4.80. The fraction of sp³-hybridized carbons (Fsp3) is 0.250. The van der Waals surface area contributed by atoms with Crippen LogP contribution in [0.1, 0.15) is 17.3 Å². The first-order valence-corrected chi connectivity index (χ1v) is 5.63. The molecule has 0 fully saturated rings. The fourth-order valence-electron chi connectivity index (χ4n) is 1.29. The summed E-state index contributed by atoms with van der Waals surface area (Å²) in [5.41, 5.74) is 5.69. The molecular formula is C12H15N3O4. The molecule has 3 amide bonds. The fourth-order valence-corrected chi connectivity index (χ4v) is 1.29. The Morgan fingerprint density at radius 3 is 2.37 bits per heavy atom. The van der Waals surface area contributed by atoms with Crippen LogP contribution >= 0.6 is 0 Å². The Labute approximate surface area is 110 Å². The third-order valence-electron chi connectivity index (χ3n) is 2.10. The van der Waals surface area contributed by atoms with Crippen LogP contribution in [-0.2, 0) is 9.53 Å². The van der Waals surface area contributed by atoms with Crippen LogP contribution < -0.4 is 16.4 Å². The number of nitrogens with one attached hydrogen (secondary N) is 2. The molecule has 0 bridgehead atoms. The zero-order chi connectivity index (χ0) is 14.3. The van der Waals surface area contributed by atoms with Crippen LogP contribution in [0.15, 0.2) is 24.3 Å². The van der Waals surface area contributed by atoms with Crippen LogP contribution in [0.5, 0.6) is 0 Å². The van der Waals surface area contributed by atoms with Gasteiger partial charge < -0.3 is 21.1 Å². The van der Waals surface area contributed by atoms with Crippen molar-refractivity contribution in [2.75, 3.05) is 18.5 Å². The van der Waals surface area contributed by atoms with Crippen molar-refractivity contribution in [3.05, 3.63) is 29.8 Å². The molecule has 0 heterocycles. The smallest absolute Gasteiger partial charge is 0.338 e. The van der Waals surface area contributed by atoms with E-state index >= 15 is 0 Å². The van der Waals surface area contributed by atoms with Crippen LogP contribution in [0, 0.1) is 0 Å². The number of esters is 1. The van der Waals surface area contributed by atoms with Crippen molar-refractivity contribution < 1.29 is 19.1 Å². The topological polar surface area (TPSA) is 111 Å². The van der Waals surface area contributed by atoms with E-state index in [1.54, 1.807) is 6.92 Å². The molecule has 0 aliphatic carbocycles. The van der Waals surface area contributed by atoms with Crippen LogP contribution in [0.25, 0.3) is 0 Å². The number of primary amides is 1. The van der Waals surface area contributed by atoms with Gasteiger partial charge in [-0.25, -0.2) is 9.59 Å². The SMILES string of the molecule is CCNC(=O)COC(=O)c1ccc(NC(N)=O)cc1. The van der Waals surface area contributed by atoms with Crippen molar-refractivity contribution in [2.24, 2.45) is 5.73 Å². The Bertz CT molecular complexity index is 470. The van der Waals surface area contributed by atoms with E-state index < -0.39 is 12.0 Å². The van der Waals surface area contributed by atoms with E-state index in [4.69, 9.17) is 10.5 Å². The van der Waals surface area contributed by atoms with Crippen LogP contribution in [0.2, 0.25) is 0 Å². The molecule has 102 valence electrons.